The van der Waals surface area contributed by atoms with Crippen molar-refractivity contribution >= 4 is 17.4 Å². The first kappa shape index (κ1) is 16.4. The number of rotatable bonds is 6. The summed E-state index contributed by atoms with van der Waals surface area (Å²) in [5, 5.41) is 14.7. The first-order valence-electron chi connectivity index (χ1n) is 6.63. The van der Waals surface area contributed by atoms with Gasteiger partial charge in [-0.05, 0) is 36.8 Å². The van der Waals surface area contributed by atoms with Gasteiger partial charge in [0.15, 0.2) is 0 Å². The molecule has 0 radical (unpaired) electrons. The Morgan fingerprint density at radius 3 is 2.43 bits per heavy atom. The quantitative estimate of drug-likeness (QED) is 0.656. The highest BCUT2D eigenvalue weighted by atomic mass is 19.3. The number of aromatic carboxylic acids is 1. The van der Waals surface area contributed by atoms with Gasteiger partial charge < -0.3 is 14.6 Å². The number of benzene rings is 2. The number of para-hydroxylation sites is 1. The number of hydrazone groups is 1. The van der Waals surface area contributed by atoms with Gasteiger partial charge in [0.1, 0.15) is 5.75 Å². The minimum atomic E-state index is -2.92. The lowest BCUT2D eigenvalue weighted by atomic mass is 10.1. The minimum absolute atomic E-state index is 0.0258. The zero-order valence-electron chi connectivity index (χ0n) is 12.1. The molecule has 0 saturated carbocycles. The van der Waals surface area contributed by atoms with Gasteiger partial charge in [0.2, 0.25) is 0 Å². The molecule has 7 heteroatoms. The summed E-state index contributed by atoms with van der Waals surface area (Å²) in [4.78, 5) is 10.7. The maximum absolute atomic E-state index is 12.4. The van der Waals surface area contributed by atoms with Crippen LogP contribution in [0, 0.1) is 0 Å². The number of nitrogens with zero attached hydrogens (tertiary/aromatic N) is 1. The van der Waals surface area contributed by atoms with E-state index in [4.69, 9.17) is 0 Å². The number of hydrogen-bond donors (Lipinski definition) is 1. The molecule has 120 valence electrons. The summed E-state index contributed by atoms with van der Waals surface area (Å²) < 4.78 is 29.2. The summed E-state index contributed by atoms with van der Waals surface area (Å²) in [6.45, 7) is -1.29. The molecule has 0 aliphatic rings. The number of halogens is 2. The molecule has 0 fully saturated rings. The highest BCUT2D eigenvalue weighted by Gasteiger charge is 2.11. The average molecular weight is 319 g/mol. The van der Waals surface area contributed by atoms with Gasteiger partial charge in [-0.1, -0.05) is 24.3 Å². The van der Waals surface area contributed by atoms with Crippen LogP contribution in [0.15, 0.2) is 53.6 Å². The average Bonchev–Trinajstić information content (AvgIpc) is 2.53. The molecule has 23 heavy (non-hydrogen) atoms. The van der Waals surface area contributed by atoms with Crippen LogP contribution in [0.1, 0.15) is 22.8 Å². The Morgan fingerprint density at radius 2 is 1.83 bits per heavy atom. The topological polar surface area (TPSA) is 73.8 Å². The van der Waals surface area contributed by atoms with Crippen molar-refractivity contribution in [2.45, 2.75) is 13.5 Å². The summed E-state index contributed by atoms with van der Waals surface area (Å²) in [7, 11) is 0. The molecular weight excluding hydrogens is 306 g/mol. The van der Waals surface area contributed by atoms with Crippen molar-refractivity contribution in [3.8, 4) is 5.75 Å². The Morgan fingerprint density at radius 1 is 1.17 bits per heavy atom. The van der Waals surface area contributed by atoms with Crippen molar-refractivity contribution < 1.29 is 23.4 Å². The van der Waals surface area contributed by atoms with E-state index in [2.05, 4.69) is 15.3 Å². The molecule has 0 bridgehead atoms. The van der Waals surface area contributed by atoms with E-state index >= 15 is 0 Å². The SMILES string of the molecule is C/C(=N/Nc1ccc(C(=O)[O-])cc1)c1ccccc1OC(F)F. The molecular formula is C16H13F2N2O3-. The molecule has 2 rings (SSSR count). The molecule has 5 nitrogen and oxygen atoms in total. The second kappa shape index (κ2) is 7.35. The molecule has 0 amide bonds. The molecule has 1 N–H and O–H groups in total. The van der Waals surface area contributed by atoms with Crippen LogP contribution in [0.3, 0.4) is 0 Å². The molecule has 2 aromatic carbocycles. The molecule has 0 atom stereocenters. The van der Waals surface area contributed by atoms with Crippen LogP contribution in [0.2, 0.25) is 0 Å². The number of carboxylic acid groups (broad SMARTS) is 1. The van der Waals surface area contributed by atoms with Crippen molar-refractivity contribution in [3.05, 3.63) is 59.7 Å². The monoisotopic (exact) mass is 319 g/mol. The largest absolute Gasteiger partial charge is 0.545 e. The lowest BCUT2D eigenvalue weighted by Gasteiger charge is -2.10. The zero-order valence-corrected chi connectivity index (χ0v) is 12.1. The van der Waals surface area contributed by atoms with Gasteiger partial charge in [-0.15, -0.1) is 0 Å². The summed E-state index contributed by atoms with van der Waals surface area (Å²) in [6, 6.07) is 12.1. The number of anilines is 1. The van der Waals surface area contributed by atoms with Crippen LogP contribution < -0.4 is 15.3 Å². The van der Waals surface area contributed by atoms with Crippen LogP contribution in [0.4, 0.5) is 14.5 Å². The third kappa shape index (κ3) is 4.50. The Kier molecular flexibility index (Phi) is 5.24. The Balaban J connectivity index is 2.15. The van der Waals surface area contributed by atoms with Gasteiger partial charge in [-0.3, -0.25) is 5.43 Å². The summed E-state index contributed by atoms with van der Waals surface area (Å²) in [5.41, 5.74) is 4.17. The normalized spacial score (nSPS) is 11.4. The summed E-state index contributed by atoms with van der Waals surface area (Å²) >= 11 is 0. The number of carbonyl (C=O) groups excluding carboxylic acids is 1. The van der Waals surface area contributed by atoms with Gasteiger partial charge >= 0.3 is 6.61 Å². The first-order chi connectivity index (χ1) is 11.0. The van der Waals surface area contributed by atoms with E-state index in [0.29, 0.717) is 17.0 Å². The molecule has 0 aromatic heterocycles. The Bertz CT molecular complexity index is 716. The Hall–Kier alpha value is -2.96. The number of nitrogens with one attached hydrogen (secondary N) is 1. The van der Waals surface area contributed by atoms with E-state index in [1.807, 2.05) is 0 Å². The third-order valence-electron chi connectivity index (χ3n) is 2.97. The highest BCUT2D eigenvalue weighted by molar-refractivity contribution is 6.01. The van der Waals surface area contributed by atoms with E-state index < -0.39 is 12.6 Å². The molecule has 0 aliphatic carbocycles. The maximum atomic E-state index is 12.4. The van der Waals surface area contributed by atoms with Crippen molar-refractivity contribution in [1.82, 2.24) is 0 Å². The maximum Gasteiger partial charge on any atom is 0.387 e. The van der Waals surface area contributed by atoms with Gasteiger partial charge in [-0.2, -0.15) is 13.9 Å². The van der Waals surface area contributed by atoms with Gasteiger partial charge in [-0.25, -0.2) is 0 Å². The van der Waals surface area contributed by atoms with Gasteiger partial charge in [0, 0.05) is 5.56 Å². The number of carboxylic acids is 1. The fourth-order valence-corrected chi connectivity index (χ4v) is 1.85. The van der Waals surface area contributed by atoms with E-state index in [0.717, 1.165) is 0 Å². The van der Waals surface area contributed by atoms with Crippen LogP contribution in [-0.4, -0.2) is 18.3 Å². The zero-order chi connectivity index (χ0) is 16.8. The molecule has 0 unspecified atom stereocenters. The van der Waals surface area contributed by atoms with Crippen molar-refractivity contribution in [2.75, 3.05) is 5.43 Å². The van der Waals surface area contributed by atoms with Gasteiger partial charge in [0.05, 0.1) is 17.4 Å². The lowest BCUT2D eigenvalue weighted by molar-refractivity contribution is -0.255. The van der Waals surface area contributed by atoms with Gasteiger partial charge in [0.25, 0.3) is 0 Å². The standard InChI is InChI=1S/C16H14F2N2O3/c1-10(13-4-2-3-5-14(13)23-16(17)18)19-20-12-8-6-11(7-9-12)15(21)22/h2-9,16,20H,1H3,(H,21,22)/p-1/b19-10-. The highest BCUT2D eigenvalue weighted by Crippen LogP contribution is 2.21. The number of ether oxygens (including phenoxy) is 1. The number of carbonyl (C=O) groups is 1. The van der Waals surface area contributed by atoms with Crippen LogP contribution in [0.25, 0.3) is 0 Å². The Labute approximate surface area is 131 Å². The van der Waals surface area contributed by atoms with Crippen LogP contribution in [-0.2, 0) is 0 Å². The molecule has 0 heterocycles. The van der Waals surface area contributed by atoms with E-state index in [-0.39, 0.29) is 11.3 Å². The fourth-order valence-electron chi connectivity index (χ4n) is 1.85. The predicted molar refractivity (Wildman–Crippen MR) is 79.7 cm³/mol. The summed E-state index contributed by atoms with van der Waals surface area (Å²) in [6.07, 6.45) is 0. The van der Waals surface area contributed by atoms with E-state index in [1.54, 1.807) is 25.1 Å². The first-order valence-corrected chi connectivity index (χ1v) is 6.63. The van der Waals surface area contributed by atoms with E-state index in [9.17, 15) is 18.7 Å². The van der Waals surface area contributed by atoms with Crippen LogP contribution >= 0.6 is 0 Å². The van der Waals surface area contributed by atoms with E-state index in [1.165, 1.54) is 30.3 Å². The smallest absolute Gasteiger partial charge is 0.387 e. The summed E-state index contributed by atoms with van der Waals surface area (Å²) in [5.74, 6) is -1.24. The molecule has 0 spiro atoms. The fraction of sp³-hybridized carbons (Fsp3) is 0.125. The second-order valence-corrected chi connectivity index (χ2v) is 4.55. The number of hydrogen-bond acceptors (Lipinski definition) is 5. The lowest BCUT2D eigenvalue weighted by Crippen LogP contribution is -2.21. The second-order valence-electron chi connectivity index (χ2n) is 4.55. The van der Waals surface area contributed by atoms with Crippen molar-refractivity contribution in [2.24, 2.45) is 5.10 Å². The number of alkyl halides is 2. The predicted octanol–water partition coefficient (Wildman–Crippen LogP) is 2.49. The van der Waals surface area contributed by atoms with Crippen molar-refractivity contribution in [3.63, 3.8) is 0 Å². The minimum Gasteiger partial charge on any atom is -0.545 e. The molecule has 0 saturated heterocycles. The molecule has 0 aliphatic heterocycles. The third-order valence-corrected chi connectivity index (χ3v) is 2.97. The van der Waals surface area contributed by atoms with Crippen LogP contribution in [0.5, 0.6) is 5.75 Å². The van der Waals surface area contributed by atoms with Crippen molar-refractivity contribution in [1.29, 1.82) is 0 Å². The molecule has 2 aromatic rings.